The molecule has 0 aliphatic rings. The molecule has 0 radical (unpaired) electrons. The Hall–Kier alpha value is -3.95. The van der Waals surface area contributed by atoms with Crippen molar-refractivity contribution in [2.45, 2.75) is 12.5 Å². The molecule has 3 aromatic rings. The van der Waals surface area contributed by atoms with Crippen molar-refractivity contribution in [2.75, 3.05) is 0 Å². The number of nitrogens with two attached hydrogens (primary N) is 1. The summed E-state index contributed by atoms with van der Waals surface area (Å²) in [4.78, 5) is 44.2. The van der Waals surface area contributed by atoms with Gasteiger partial charge in [0.15, 0.2) is 5.69 Å². The van der Waals surface area contributed by atoms with Crippen LogP contribution in [0.1, 0.15) is 16.1 Å². The quantitative estimate of drug-likeness (QED) is 0.483. The molecule has 3 heterocycles. The Morgan fingerprint density at radius 1 is 1.11 bits per heavy atom. The fourth-order valence-electron chi connectivity index (χ4n) is 2.44. The van der Waals surface area contributed by atoms with E-state index in [0.29, 0.717) is 17.0 Å². The lowest BCUT2D eigenvalue weighted by molar-refractivity contribution is -0.137. The summed E-state index contributed by atoms with van der Waals surface area (Å²) in [7, 11) is 0. The highest BCUT2D eigenvalue weighted by Crippen LogP contribution is 2.16. The molecule has 0 aromatic carbocycles. The second kappa shape index (κ2) is 7.95. The zero-order chi connectivity index (χ0) is 19.2. The molecule has 10 heteroatoms. The van der Waals surface area contributed by atoms with E-state index in [1.807, 2.05) is 0 Å². The van der Waals surface area contributed by atoms with E-state index in [-0.39, 0.29) is 12.1 Å². The molecule has 2 amide bonds. The van der Waals surface area contributed by atoms with Crippen molar-refractivity contribution in [3.63, 3.8) is 0 Å². The standard InChI is InChI=1S/C17H15N7O3/c18-16(26)15(25)12(9-10-4-7-19-8-5-10)21-17(27)14-13(22-24-23-14)11-3-1-2-6-20-11/h1-8,12H,9H2,(H2,18,26)(H,21,27)(H,22,23,24). The number of amides is 2. The minimum Gasteiger partial charge on any atom is -0.363 e. The second-order valence-corrected chi connectivity index (χ2v) is 5.56. The maximum Gasteiger partial charge on any atom is 0.287 e. The average molecular weight is 365 g/mol. The van der Waals surface area contributed by atoms with Gasteiger partial charge in [-0.15, -0.1) is 5.10 Å². The Kier molecular flexibility index (Phi) is 5.26. The van der Waals surface area contributed by atoms with Gasteiger partial charge in [0.25, 0.3) is 11.8 Å². The predicted octanol–water partition coefficient (Wildman–Crippen LogP) is -0.343. The summed E-state index contributed by atoms with van der Waals surface area (Å²) in [5.41, 5.74) is 6.51. The number of carbonyl (C=O) groups is 3. The molecule has 27 heavy (non-hydrogen) atoms. The maximum absolute atomic E-state index is 12.6. The molecule has 1 unspecified atom stereocenters. The molecular weight excluding hydrogens is 350 g/mol. The summed E-state index contributed by atoms with van der Waals surface area (Å²) < 4.78 is 0. The van der Waals surface area contributed by atoms with Crippen molar-refractivity contribution in [3.8, 4) is 11.4 Å². The van der Waals surface area contributed by atoms with Crippen LogP contribution in [0.4, 0.5) is 0 Å². The van der Waals surface area contributed by atoms with Crippen LogP contribution < -0.4 is 11.1 Å². The summed E-state index contributed by atoms with van der Waals surface area (Å²) in [6.45, 7) is 0. The van der Waals surface area contributed by atoms with E-state index in [1.54, 1.807) is 48.9 Å². The van der Waals surface area contributed by atoms with Crippen molar-refractivity contribution in [1.29, 1.82) is 0 Å². The molecule has 0 aliphatic heterocycles. The Balaban J connectivity index is 1.84. The van der Waals surface area contributed by atoms with E-state index in [2.05, 4.69) is 30.7 Å². The second-order valence-electron chi connectivity index (χ2n) is 5.56. The number of ketones is 1. The van der Waals surface area contributed by atoms with Gasteiger partial charge in [0, 0.05) is 25.0 Å². The lowest BCUT2D eigenvalue weighted by atomic mass is 10.0. The van der Waals surface area contributed by atoms with Crippen LogP contribution in [0.2, 0.25) is 0 Å². The predicted molar refractivity (Wildman–Crippen MR) is 93.0 cm³/mol. The summed E-state index contributed by atoms with van der Waals surface area (Å²) in [6, 6.07) is 7.34. The van der Waals surface area contributed by atoms with Gasteiger partial charge in [0.1, 0.15) is 11.7 Å². The minimum absolute atomic E-state index is 0.0503. The number of aromatic amines is 1. The Morgan fingerprint density at radius 2 is 1.89 bits per heavy atom. The molecule has 0 fully saturated rings. The third-order valence-corrected chi connectivity index (χ3v) is 3.74. The number of H-pyrrole nitrogens is 1. The number of rotatable bonds is 7. The molecule has 3 rings (SSSR count). The van der Waals surface area contributed by atoms with Crippen LogP contribution in [-0.4, -0.2) is 49.0 Å². The lowest BCUT2D eigenvalue weighted by Crippen LogP contribution is -2.47. The Morgan fingerprint density at radius 3 is 2.56 bits per heavy atom. The van der Waals surface area contributed by atoms with Crippen LogP contribution in [-0.2, 0) is 16.0 Å². The Labute approximate surface area is 153 Å². The number of Topliss-reactive ketones (excluding diaryl/α,β-unsaturated/α-hetero) is 1. The first-order chi connectivity index (χ1) is 13.1. The average Bonchev–Trinajstić information content (AvgIpc) is 3.18. The molecule has 0 saturated carbocycles. The van der Waals surface area contributed by atoms with Crippen molar-refractivity contribution in [2.24, 2.45) is 5.73 Å². The summed E-state index contributed by atoms with van der Waals surface area (Å²) in [6.07, 6.45) is 4.72. The van der Waals surface area contributed by atoms with Gasteiger partial charge in [-0.3, -0.25) is 29.5 Å². The zero-order valence-electron chi connectivity index (χ0n) is 14.0. The van der Waals surface area contributed by atoms with Crippen LogP contribution in [0.15, 0.2) is 48.9 Å². The summed E-state index contributed by atoms with van der Waals surface area (Å²) in [5.74, 6) is -2.74. The molecule has 0 saturated heterocycles. The number of nitrogens with zero attached hydrogens (tertiary/aromatic N) is 4. The third kappa shape index (κ3) is 4.18. The SMILES string of the molecule is NC(=O)C(=O)C(Cc1ccncc1)NC(=O)c1nn[nH]c1-c1ccccn1. The molecular formula is C17H15N7O3. The fourth-order valence-corrected chi connectivity index (χ4v) is 2.44. The minimum atomic E-state index is -1.15. The monoisotopic (exact) mass is 365 g/mol. The molecule has 0 bridgehead atoms. The van der Waals surface area contributed by atoms with Gasteiger partial charge in [0.05, 0.1) is 5.69 Å². The van der Waals surface area contributed by atoms with Crippen molar-refractivity contribution in [1.82, 2.24) is 30.7 Å². The van der Waals surface area contributed by atoms with E-state index < -0.39 is 23.6 Å². The number of hydrogen-bond donors (Lipinski definition) is 3. The van der Waals surface area contributed by atoms with Crippen LogP contribution in [0.3, 0.4) is 0 Å². The largest absolute Gasteiger partial charge is 0.363 e. The molecule has 0 spiro atoms. The van der Waals surface area contributed by atoms with E-state index in [0.717, 1.165) is 0 Å². The number of carbonyl (C=O) groups excluding carboxylic acids is 3. The van der Waals surface area contributed by atoms with Crippen molar-refractivity contribution < 1.29 is 14.4 Å². The first kappa shape index (κ1) is 17.9. The molecule has 10 nitrogen and oxygen atoms in total. The van der Waals surface area contributed by atoms with Gasteiger partial charge in [-0.05, 0) is 29.8 Å². The Bertz CT molecular complexity index is 957. The van der Waals surface area contributed by atoms with Crippen LogP contribution >= 0.6 is 0 Å². The molecule has 136 valence electrons. The van der Waals surface area contributed by atoms with Crippen molar-refractivity contribution >= 4 is 17.6 Å². The van der Waals surface area contributed by atoms with E-state index >= 15 is 0 Å². The highest BCUT2D eigenvalue weighted by atomic mass is 16.2. The topological polar surface area (TPSA) is 157 Å². The van der Waals surface area contributed by atoms with Crippen LogP contribution in [0, 0.1) is 0 Å². The number of primary amides is 1. The number of nitrogens with one attached hydrogen (secondary N) is 2. The first-order valence-corrected chi connectivity index (χ1v) is 7.92. The van der Waals surface area contributed by atoms with Gasteiger partial charge >= 0.3 is 0 Å². The number of hydrogen-bond acceptors (Lipinski definition) is 7. The normalized spacial score (nSPS) is 11.6. The van der Waals surface area contributed by atoms with Gasteiger partial charge in [-0.25, -0.2) is 0 Å². The highest BCUT2D eigenvalue weighted by Gasteiger charge is 2.28. The zero-order valence-corrected chi connectivity index (χ0v) is 14.0. The summed E-state index contributed by atoms with van der Waals surface area (Å²) >= 11 is 0. The van der Waals surface area contributed by atoms with E-state index in [1.165, 1.54) is 0 Å². The lowest BCUT2D eigenvalue weighted by Gasteiger charge is -2.15. The number of pyridine rings is 2. The van der Waals surface area contributed by atoms with Crippen LogP contribution in [0.25, 0.3) is 11.4 Å². The van der Waals surface area contributed by atoms with Gasteiger partial charge in [0.2, 0.25) is 5.78 Å². The maximum atomic E-state index is 12.6. The van der Waals surface area contributed by atoms with Gasteiger partial charge in [-0.1, -0.05) is 11.3 Å². The van der Waals surface area contributed by atoms with Crippen molar-refractivity contribution in [3.05, 3.63) is 60.2 Å². The van der Waals surface area contributed by atoms with Crippen LogP contribution in [0.5, 0.6) is 0 Å². The fraction of sp³-hybridized carbons (Fsp3) is 0.118. The number of aromatic nitrogens is 5. The third-order valence-electron chi connectivity index (χ3n) is 3.74. The summed E-state index contributed by atoms with van der Waals surface area (Å²) in [5, 5.41) is 12.5. The smallest absolute Gasteiger partial charge is 0.287 e. The highest BCUT2D eigenvalue weighted by molar-refractivity contribution is 6.38. The molecule has 0 aliphatic carbocycles. The molecule has 1 atom stereocenters. The van der Waals surface area contributed by atoms with Gasteiger partial charge in [-0.2, -0.15) is 0 Å². The first-order valence-electron chi connectivity index (χ1n) is 7.92. The van der Waals surface area contributed by atoms with E-state index in [9.17, 15) is 14.4 Å². The van der Waals surface area contributed by atoms with Gasteiger partial charge < -0.3 is 11.1 Å². The molecule has 3 aromatic heterocycles. The molecule has 4 N–H and O–H groups in total. The van der Waals surface area contributed by atoms with E-state index in [4.69, 9.17) is 5.73 Å².